The van der Waals surface area contributed by atoms with Crippen LogP contribution in [0.5, 0.6) is 0 Å². The molecule has 0 aliphatic carbocycles. The molecule has 7 heteroatoms. The van der Waals surface area contributed by atoms with Crippen molar-refractivity contribution in [3.63, 3.8) is 0 Å². The SMILES string of the molecule is O=C(CSCC(=O)Nc1ccccc1Cl)Nc1ccc(Cl)cc1. The van der Waals surface area contributed by atoms with Crippen molar-refractivity contribution >= 4 is 58.2 Å². The summed E-state index contributed by atoms with van der Waals surface area (Å²) in [7, 11) is 0. The van der Waals surface area contributed by atoms with E-state index in [-0.39, 0.29) is 23.3 Å². The lowest BCUT2D eigenvalue weighted by Crippen LogP contribution is -2.18. The number of halogens is 2. The quantitative estimate of drug-likeness (QED) is 0.798. The maximum absolute atomic E-state index is 11.8. The van der Waals surface area contributed by atoms with Gasteiger partial charge in [-0.3, -0.25) is 9.59 Å². The minimum atomic E-state index is -0.206. The van der Waals surface area contributed by atoms with Gasteiger partial charge in [0.25, 0.3) is 0 Å². The highest BCUT2D eigenvalue weighted by Crippen LogP contribution is 2.20. The molecule has 2 amide bonds. The van der Waals surface area contributed by atoms with E-state index in [4.69, 9.17) is 23.2 Å². The lowest BCUT2D eigenvalue weighted by atomic mass is 10.3. The van der Waals surface area contributed by atoms with E-state index in [1.165, 1.54) is 11.8 Å². The van der Waals surface area contributed by atoms with Crippen LogP contribution in [-0.2, 0) is 9.59 Å². The van der Waals surface area contributed by atoms with Crippen molar-refractivity contribution in [1.82, 2.24) is 0 Å². The summed E-state index contributed by atoms with van der Waals surface area (Å²) >= 11 is 13.0. The molecule has 0 aliphatic rings. The highest BCUT2D eigenvalue weighted by molar-refractivity contribution is 8.00. The Bertz CT molecular complexity index is 693. The standard InChI is InChI=1S/C16H14Cl2N2O2S/c17-11-5-7-12(8-6-11)19-15(21)9-23-10-16(22)20-14-4-2-1-3-13(14)18/h1-8H,9-10H2,(H,19,21)(H,20,22). The fourth-order valence-corrected chi connectivity index (χ4v) is 2.64. The highest BCUT2D eigenvalue weighted by Gasteiger charge is 2.08. The van der Waals surface area contributed by atoms with E-state index in [1.807, 2.05) is 0 Å². The summed E-state index contributed by atoms with van der Waals surface area (Å²) in [6.07, 6.45) is 0. The molecule has 0 spiro atoms. The van der Waals surface area contributed by atoms with Gasteiger partial charge in [-0.1, -0.05) is 35.3 Å². The molecule has 0 heterocycles. The molecule has 120 valence electrons. The number of nitrogens with one attached hydrogen (secondary N) is 2. The summed E-state index contributed by atoms with van der Waals surface area (Å²) in [4.78, 5) is 23.6. The number of carbonyl (C=O) groups excluding carboxylic acids is 2. The first-order chi connectivity index (χ1) is 11.0. The van der Waals surface area contributed by atoms with Gasteiger partial charge in [0.05, 0.1) is 22.2 Å². The number of hydrogen-bond donors (Lipinski definition) is 2. The first-order valence-corrected chi connectivity index (χ1v) is 8.63. The van der Waals surface area contributed by atoms with Gasteiger partial charge in [0.1, 0.15) is 0 Å². The Labute approximate surface area is 148 Å². The third-order valence-corrected chi connectivity index (χ3v) is 4.26. The van der Waals surface area contributed by atoms with Gasteiger partial charge >= 0.3 is 0 Å². The summed E-state index contributed by atoms with van der Waals surface area (Å²) in [6.45, 7) is 0. The molecule has 0 radical (unpaired) electrons. The number of thioether (sulfide) groups is 1. The fourth-order valence-electron chi connectivity index (χ4n) is 1.72. The summed E-state index contributed by atoms with van der Waals surface area (Å²) in [5, 5.41) is 6.52. The molecule has 23 heavy (non-hydrogen) atoms. The van der Waals surface area contributed by atoms with Crippen molar-refractivity contribution in [2.45, 2.75) is 0 Å². The monoisotopic (exact) mass is 368 g/mol. The van der Waals surface area contributed by atoms with E-state index in [1.54, 1.807) is 48.5 Å². The van der Waals surface area contributed by atoms with Gasteiger partial charge in [-0.05, 0) is 36.4 Å². The van der Waals surface area contributed by atoms with Crippen LogP contribution in [0.4, 0.5) is 11.4 Å². The van der Waals surface area contributed by atoms with Crippen LogP contribution in [0, 0.1) is 0 Å². The van der Waals surface area contributed by atoms with Crippen LogP contribution >= 0.6 is 35.0 Å². The number of rotatable bonds is 6. The zero-order chi connectivity index (χ0) is 16.7. The number of benzene rings is 2. The summed E-state index contributed by atoms with van der Waals surface area (Å²) in [5.41, 5.74) is 1.23. The van der Waals surface area contributed by atoms with Gasteiger partial charge in [0.2, 0.25) is 11.8 Å². The molecular weight excluding hydrogens is 355 g/mol. The van der Waals surface area contributed by atoms with E-state index in [0.29, 0.717) is 21.4 Å². The van der Waals surface area contributed by atoms with Crippen LogP contribution < -0.4 is 10.6 Å². The van der Waals surface area contributed by atoms with Crippen molar-refractivity contribution in [1.29, 1.82) is 0 Å². The normalized spacial score (nSPS) is 10.2. The lowest BCUT2D eigenvalue weighted by molar-refractivity contribution is -0.114. The summed E-state index contributed by atoms with van der Waals surface area (Å²) in [6, 6.07) is 13.8. The van der Waals surface area contributed by atoms with Gasteiger partial charge in [0.15, 0.2) is 0 Å². The third-order valence-electron chi connectivity index (χ3n) is 2.74. The zero-order valence-electron chi connectivity index (χ0n) is 12.0. The average Bonchev–Trinajstić information content (AvgIpc) is 2.52. The molecule has 0 aliphatic heterocycles. The Balaban J connectivity index is 1.72. The van der Waals surface area contributed by atoms with Crippen LogP contribution in [0.3, 0.4) is 0 Å². The predicted octanol–water partition coefficient (Wildman–Crippen LogP) is 4.30. The molecule has 0 fully saturated rings. The molecule has 0 aromatic heterocycles. The highest BCUT2D eigenvalue weighted by atomic mass is 35.5. The van der Waals surface area contributed by atoms with Gasteiger partial charge < -0.3 is 10.6 Å². The molecule has 0 saturated carbocycles. The van der Waals surface area contributed by atoms with Crippen molar-refractivity contribution in [3.8, 4) is 0 Å². The summed E-state index contributed by atoms with van der Waals surface area (Å²) < 4.78 is 0. The van der Waals surface area contributed by atoms with Gasteiger partial charge in [0, 0.05) is 10.7 Å². The van der Waals surface area contributed by atoms with Crippen molar-refractivity contribution < 1.29 is 9.59 Å². The molecule has 0 atom stereocenters. The lowest BCUT2D eigenvalue weighted by Gasteiger charge is -2.07. The topological polar surface area (TPSA) is 58.2 Å². The Morgan fingerprint density at radius 3 is 2.13 bits per heavy atom. The largest absolute Gasteiger partial charge is 0.325 e. The Hall–Kier alpha value is -1.69. The van der Waals surface area contributed by atoms with Gasteiger partial charge in [-0.15, -0.1) is 11.8 Å². The molecule has 2 aromatic carbocycles. The number of amides is 2. The fraction of sp³-hybridized carbons (Fsp3) is 0.125. The Kier molecular flexibility index (Phi) is 6.77. The second-order valence-corrected chi connectivity index (χ2v) is 6.41. The number of carbonyl (C=O) groups is 2. The molecule has 2 rings (SSSR count). The van der Waals surface area contributed by atoms with Crippen LogP contribution in [0.1, 0.15) is 0 Å². The van der Waals surface area contributed by atoms with Crippen LogP contribution in [0.25, 0.3) is 0 Å². The maximum atomic E-state index is 11.8. The van der Waals surface area contributed by atoms with Crippen LogP contribution in [-0.4, -0.2) is 23.3 Å². The predicted molar refractivity (Wildman–Crippen MR) is 97.5 cm³/mol. The van der Waals surface area contributed by atoms with E-state index >= 15 is 0 Å². The third kappa shape index (κ3) is 6.14. The first kappa shape index (κ1) is 17.7. The molecule has 0 saturated heterocycles. The second kappa shape index (κ2) is 8.82. The number of para-hydroxylation sites is 1. The molecule has 2 aromatic rings. The smallest absolute Gasteiger partial charge is 0.234 e. The minimum absolute atomic E-state index is 0.166. The van der Waals surface area contributed by atoms with E-state index in [2.05, 4.69) is 10.6 Å². The molecule has 2 N–H and O–H groups in total. The molecular formula is C16H14Cl2N2O2S. The van der Waals surface area contributed by atoms with Crippen molar-refractivity contribution in [2.75, 3.05) is 22.1 Å². The van der Waals surface area contributed by atoms with E-state index in [9.17, 15) is 9.59 Å². The van der Waals surface area contributed by atoms with E-state index < -0.39 is 0 Å². The second-order valence-electron chi connectivity index (χ2n) is 4.58. The number of hydrogen-bond acceptors (Lipinski definition) is 3. The number of anilines is 2. The van der Waals surface area contributed by atoms with Crippen molar-refractivity contribution in [3.05, 3.63) is 58.6 Å². The minimum Gasteiger partial charge on any atom is -0.325 e. The molecule has 4 nitrogen and oxygen atoms in total. The molecule has 0 bridgehead atoms. The zero-order valence-corrected chi connectivity index (χ0v) is 14.3. The Morgan fingerprint density at radius 1 is 0.870 bits per heavy atom. The van der Waals surface area contributed by atoms with Gasteiger partial charge in [-0.2, -0.15) is 0 Å². The average molecular weight is 369 g/mol. The van der Waals surface area contributed by atoms with Crippen LogP contribution in [0.15, 0.2) is 48.5 Å². The van der Waals surface area contributed by atoms with Gasteiger partial charge in [-0.25, -0.2) is 0 Å². The van der Waals surface area contributed by atoms with E-state index in [0.717, 1.165) is 0 Å². The maximum Gasteiger partial charge on any atom is 0.234 e. The van der Waals surface area contributed by atoms with Crippen LogP contribution in [0.2, 0.25) is 10.0 Å². The summed E-state index contributed by atoms with van der Waals surface area (Å²) in [5.74, 6) is -0.0390. The Morgan fingerprint density at radius 2 is 1.48 bits per heavy atom. The molecule has 0 unspecified atom stereocenters. The van der Waals surface area contributed by atoms with Crippen molar-refractivity contribution in [2.24, 2.45) is 0 Å². The first-order valence-electron chi connectivity index (χ1n) is 6.72.